The maximum absolute atomic E-state index is 10.6. The van der Waals surface area contributed by atoms with E-state index in [1.807, 2.05) is 19.1 Å². The fourth-order valence-corrected chi connectivity index (χ4v) is 2.39. The van der Waals surface area contributed by atoms with E-state index < -0.39 is 5.60 Å². The molecule has 1 unspecified atom stereocenters. The number of hydrogen-bond donors (Lipinski definition) is 1. The van der Waals surface area contributed by atoms with E-state index in [0.29, 0.717) is 11.4 Å². The summed E-state index contributed by atoms with van der Waals surface area (Å²) in [7, 11) is 1.64. The lowest BCUT2D eigenvalue weighted by molar-refractivity contribution is -0.00743. The molecule has 1 fully saturated rings. The highest BCUT2D eigenvalue weighted by atomic mass is 35.5. The zero-order valence-electron chi connectivity index (χ0n) is 10.6. The Kier molecular flexibility index (Phi) is 3.13. The van der Waals surface area contributed by atoms with Gasteiger partial charge in [-0.25, -0.2) is 0 Å². The van der Waals surface area contributed by atoms with Crippen molar-refractivity contribution in [2.45, 2.75) is 38.7 Å². The molecule has 2 rings (SSSR count). The summed E-state index contributed by atoms with van der Waals surface area (Å²) < 4.78 is 5.31. The fourth-order valence-electron chi connectivity index (χ4n) is 2.20. The van der Waals surface area contributed by atoms with Crippen LogP contribution in [0.25, 0.3) is 0 Å². The Morgan fingerprint density at radius 3 is 2.65 bits per heavy atom. The number of benzene rings is 1. The number of ether oxygens (including phenoxy) is 1. The second kappa shape index (κ2) is 4.18. The van der Waals surface area contributed by atoms with E-state index in [4.69, 9.17) is 16.3 Å². The Balaban J connectivity index is 2.26. The van der Waals surface area contributed by atoms with Crippen LogP contribution in [0.3, 0.4) is 0 Å². The maximum Gasteiger partial charge on any atom is 0.122 e. The first kappa shape index (κ1) is 12.7. The molecule has 1 aromatic rings. The zero-order valence-corrected chi connectivity index (χ0v) is 11.3. The van der Waals surface area contributed by atoms with Gasteiger partial charge < -0.3 is 9.84 Å². The normalized spacial score (nSPS) is 20.8. The van der Waals surface area contributed by atoms with Crippen molar-refractivity contribution in [2.75, 3.05) is 7.11 Å². The van der Waals surface area contributed by atoms with Gasteiger partial charge in [-0.1, -0.05) is 18.5 Å². The third kappa shape index (κ3) is 2.43. The zero-order chi connectivity index (χ0) is 12.7. The molecule has 0 saturated heterocycles. The van der Waals surface area contributed by atoms with E-state index >= 15 is 0 Å². The van der Waals surface area contributed by atoms with E-state index in [1.165, 1.54) is 0 Å². The summed E-state index contributed by atoms with van der Waals surface area (Å²) in [4.78, 5) is 0. The topological polar surface area (TPSA) is 29.5 Å². The van der Waals surface area contributed by atoms with Gasteiger partial charge in [0.1, 0.15) is 5.75 Å². The molecule has 17 heavy (non-hydrogen) atoms. The van der Waals surface area contributed by atoms with Gasteiger partial charge in [0.2, 0.25) is 0 Å². The van der Waals surface area contributed by atoms with Crippen LogP contribution < -0.4 is 4.74 Å². The van der Waals surface area contributed by atoms with Crippen LogP contribution >= 0.6 is 11.6 Å². The number of halogens is 1. The summed E-state index contributed by atoms with van der Waals surface area (Å²) in [6.45, 7) is 4.03. The molecule has 0 heterocycles. The first-order valence-electron chi connectivity index (χ1n) is 5.93. The largest absolute Gasteiger partial charge is 0.496 e. The van der Waals surface area contributed by atoms with Gasteiger partial charge in [-0.3, -0.25) is 0 Å². The molecular weight excluding hydrogens is 236 g/mol. The highest BCUT2D eigenvalue weighted by molar-refractivity contribution is 6.30. The second-order valence-corrected chi connectivity index (χ2v) is 5.90. The summed E-state index contributed by atoms with van der Waals surface area (Å²) in [6, 6.07) is 5.53. The van der Waals surface area contributed by atoms with Crippen molar-refractivity contribution in [3.63, 3.8) is 0 Å². The van der Waals surface area contributed by atoms with Gasteiger partial charge in [0.05, 0.1) is 12.7 Å². The molecule has 2 nitrogen and oxygen atoms in total. The van der Waals surface area contributed by atoms with Gasteiger partial charge in [-0.15, -0.1) is 0 Å². The van der Waals surface area contributed by atoms with Gasteiger partial charge in [0.15, 0.2) is 0 Å². The van der Waals surface area contributed by atoms with Crippen molar-refractivity contribution < 1.29 is 9.84 Å². The van der Waals surface area contributed by atoms with Crippen LogP contribution in [-0.2, 0) is 6.42 Å². The maximum atomic E-state index is 10.6. The number of aliphatic hydroxyl groups is 1. The molecule has 0 amide bonds. The van der Waals surface area contributed by atoms with Crippen LogP contribution in [0.1, 0.15) is 32.3 Å². The van der Waals surface area contributed by atoms with Gasteiger partial charge >= 0.3 is 0 Å². The molecule has 94 valence electrons. The number of methoxy groups -OCH3 is 1. The Morgan fingerprint density at radius 2 is 2.12 bits per heavy atom. The summed E-state index contributed by atoms with van der Waals surface area (Å²) in [5, 5.41) is 11.3. The smallest absolute Gasteiger partial charge is 0.122 e. The van der Waals surface area contributed by atoms with E-state index in [9.17, 15) is 5.11 Å². The standard InChI is InChI=1S/C14H19ClO2/c1-13(6-7-13)14(2,16)9-10-8-11(15)4-5-12(10)17-3/h4-5,8,16H,6-7,9H2,1-3H3. The highest BCUT2D eigenvalue weighted by Crippen LogP contribution is 2.54. The van der Waals surface area contributed by atoms with E-state index in [0.717, 1.165) is 24.2 Å². The van der Waals surface area contributed by atoms with Crippen molar-refractivity contribution in [2.24, 2.45) is 5.41 Å². The Morgan fingerprint density at radius 1 is 1.47 bits per heavy atom. The number of rotatable bonds is 4. The Labute approximate surface area is 108 Å². The Hall–Kier alpha value is -0.730. The van der Waals surface area contributed by atoms with Gasteiger partial charge in [0, 0.05) is 11.4 Å². The average molecular weight is 255 g/mol. The van der Waals surface area contributed by atoms with Crippen molar-refractivity contribution in [1.29, 1.82) is 0 Å². The molecule has 0 aliphatic heterocycles. The van der Waals surface area contributed by atoms with Crippen LogP contribution in [0.2, 0.25) is 5.02 Å². The van der Waals surface area contributed by atoms with Crippen LogP contribution in [0, 0.1) is 5.41 Å². The molecule has 1 atom stereocenters. The molecule has 3 heteroatoms. The molecular formula is C14H19ClO2. The predicted octanol–water partition coefficient (Wildman–Crippen LogP) is 3.44. The molecule has 0 spiro atoms. The Bertz CT molecular complexity index is 422. The first-order chi connectivity index (χ1) is 7.88. The molecule has 1 aromatic carbocycles. The van der Waals surface area contributed by atoms with Crippen LogP contribution in [0.15, 0.2) is 18.2 Å². The fraction of sp³-hybridized carbons (Fsp3) is 0.571. The van der Waals surface area contributed by atoms with E-state index in [1.54, 1.807) is 13.2 Å². The lowest BCUT2D eigenvalue weighted by Crippen LogP contribution is -2.36. The molecule has 0 bridgehead atoms. The SMILES string of the molecule is COc1ccc(Cl)cc1CC(C)(O)C1(C)CC1. The number of hydrogen-bond acceptors (Lipinski definition) is 2. The van der Waals surface area contributed by atoms with Crippen LogP contribution in [-0.4, -0.2) is 17.8 Å². The first-order valence-corrected chi connectivity index (χ1v) is 6.31. The van der Waals surface area contributed by atoms with E-state index in [-0.39, 0.29) is 5.41 Å². The van der Waals surface area contributed by atoms with Gasteiger partial charge in [-0.05, 0) is 48.9 Å². The predicted molar refractivity (Wildman–Crippen MR) is 69.7 cm³/mol. The molecule has 0 radical (unpaired) electrons. The monoisotopic (exact) mass is 254 g/mol. The lowest BCUT2D eigenvalue weighted by atomic mass is 9.82. The average Bonchev–Trinajstić information content (AvgIpc) is 2.98. The summed E-state index contributed by atoms with van der Waals surface area (Å²) >= 11 is 6.00. The van der Waals surface area contributed by atoms with Crippen molar-refractivity contribution >= 4 is 11.6 Å². The third-order valence-electron chi connectivity index (χ3n) is 4.08. The second-order valence-electron chi connectivity index (χ2n) is 5.47. The van der Waals surface area contributed by atoms with Crippen molar-refractivity contribution in [3.8, 4) is 5.75 Å². The third-order valence-corrected chi connectivity index (χ3v) is 4.31. The van der Waals surface area contributed by atoms with Gasteiger partial charge in [-0.2, -0.15) is 0 Å². The summed E-state index contributed by atoms with van der Waals surface area (Å²) in [5.41, 5.74) is 0.309. The van der Waals surface area contributed by atoms with Crippen LogP contribution in [0.4, 0.5) is 0 Å². The molecule has 1 aliphatic carbocycles. The van der Waals surface area contributed by atoms with Crippen molar-refractivity contribution in [1.82, 2.24) is 0 Å². The van der Waals surface area contributed by atoms with Gasteiger partial charge in [0.25, 0.3) is 0 Å². The minimum atomic E-state index is -0.703. The summed E-state index contributed by atoms with van der Waals surface area (Å²) in [6.07, 6.45) is 2.75. The molecule has 1 aliphatic rings. The molecule has 0 aromatic heterocycles. The minimum Gasteiger partial charge on any atom is -0.496 e. The molecule has 1 N–H and O–H groups in total. The molecule has 1 saturated carbocycles. The highest BCUT2D eigenvalue weighted by Gasteiger charge is 2.52. The quantitative estimate of drug-likeness (QED) is 0.892. The van der Waals surface area contributed by atoms with Crippen molar-refractivity contribution in [3.05, 3.63) is 28.8 Å². The summed E-state index contributed by atoms with van der Waals surface area (Å²) in [5.74, 6) is 0.791. The lowest BCUT2D eigenvalue weighted by Gasteiger charge is -2.31. The minimum absolute atomic E-state index is 0.0420. The van der Waals surface area contributed by atoms with Crippen LogP contribution in [0.5, 0.6) is 5.75 Å². The van der Waals surface area contributed by atoms with E-state index in [2.05, 4.69) is 6.92 Å².